The Morgan fingerprint density at radius 2 is 2.10 bits per heavy atom. The highest BCUT2D eigenvalue weighted by atomic mass is 16.5. The Bertz CT molecular complexity index is 1120. The van der Waals surface area contributed by atoms with Gasteiger partial charge in [0.2, 0.25) is 11.9 Å². The standard InChI is InChI=1S/C22H27N7O2/c1-13-9-15(10-16-19(13)28-22(23-2)26-16)17-11-24-20-21(25-17)29(12-18(30)27-20)6-3-14-4-7-31-8-5-14/h9-11,14H,3-8,12H2,1-2H3,(H2,23,26,28)(H,24,27,30). The number of imidazole rings is 1. The van der Waals surface area contributed by atoms with Crippen molar-refractivity contribution in [1.29, 1.82) is 0 Å². The lowest BCUT2D eigenvalue weighted by molar-refractivity contribution is -0.115. The van der Waals surface area contributed by atoms with Crippen LogP contribution in [0.3, 0.4) is 0 Å². The van der Waals surface area contributed by atoms with Crippen molar-refractivity contribution in [2.75, 3.05) is 48.9 Å². The molecule has 4 heterocycles. The second-order valence-electron chi connectivity index (χ2n) is 8.27. The maximum absolute atomic E-state index is 12.2. The molecular weight excluding hydrogens is 394 g/mol. The first-order valence-electron chi connectivity index (χ1n) is 10.8. The first kappa shape index (κ1) is 19.7. The van der Waals surface area contributed by atoms with E-state index >= 15 is 0 Å². The van der Waals surface area contributed by atoms with E-state index < -0.39 is 0 Å². The van der Waals surface area contributed by atoms with Crippen molar-refractivity contribution in [3.05, 3.63) is 23.9 Å². The van der Waals surface area contributed by atoms with Gasteiger partial charge < -0.3 is 25.3 Å². The number of rotatable bonds is 5. The van der Waals surface area contributed by atoms with Gasteiger partial charge >= 0.3 is 0 Å². The van der Waals surface area contributed by atoms with E-state index in [9.17, 15) is 4.79 Å². The molecule has 0 radical (unpaired) electrons. The molecule has 0 aliphatic carbocycles. The zero-order valence-corrected chi connectivity index (χ0v) is 17.9. The Hall–Kier alpha value is -3.20. The van der Waals surface area contributed by atoms with E-state index in [1.807, 2.05) is 20.0 Å². The summed E-state index contributed by atoms with van der Waals surface area (Å²) in [6.45, 7) is 4.79. The van der Waals surface area contributed by atoms with Crippen LogP contribution in [0.2, 0.25) is 0 Å². The number of aromatic amines is 1. The summed E-state index contributed by atoms with van der Waals surface area (Å²) in [6.07, 6.45) is 4.90. The third kappa shape index (κ3) is 3.93. The molecule has 0 atom stereocenters. The van der Waals surface area contributed by atoms with Crippen molar-refractivity contribution in [1.82, 2.24) is 19.9 Å². The summed E-state index contributed by atoms with van der Waals surface area (Å²) in [4.78, 5) is 31.5. The van der Waals surface area contributed by atoms with Gasteiger partial charge in [-0.15, -0.1) is 0 Å². The van der Waals surface area contributed by atoms with Crippen LogP contribution in [0.25, 0.3) is 22.3 Å². The second-order valence-corrected chi connectivity index (χ2v) is 8.27. The topological polar surface area (TPSA) is 108 Å². The molecular formula is C22H27N7O2. The highest BCUT2D eigenvalue weighted by Gasteiger charge is 2.26. The minimum atomic E-state index is -0.0455. The van der Waals surface area contributed by atoms with Crippen LogP contribution in [0.15, 0.2) is 18.3 Å². The van der Waals surface area contributed by atoms with Gasteiger partial charge in [-0.1, -0.05) is 0 Å². The molecule has 3 aromatic rings. The zero-order valence-electron chi connectivity index (χ0n) is 17.9. The minimum absolute atomic E-state index is 0.0455. The van der Waals surface area contributed by atoms with E-state index in [-0.39, 0.29) is 5.91 Å². The molecule has 1 fully saturated rings. The number of fused-ring (bicyclic) bond motifs is 2. The van der Waals surface area contributed by atoms with Gasteiger partial charge in [0.15, 0.2) is 11.6 Å². The molecule has 2 aliphatic rings. The summed E-state index contributed by atoms with van der Waals surface area (Å²) in [7, 11) is 1.84. The predicted molar refractivity (Wildman–Crippen MR) is 120 cm³/mol. The lowest BCUT2D eigenvalue weighted by atomic mass is 9.96. The minimum Gasteiger partial charge on any atom is -0.381 e. The highest BCUT2D eigenvalue weighted by molar-refractivity contribution is 5.99. The number of benzene rings is 1. The lowest BCUT2D eigenvalue weighted by Crippen LogP contribution is -2.40. The summed E-state index contributed by atoms with van der Waals surface area (Å²) in [5, 5.41) is 5.91. The Kier molecular flexibility index (Phi) is 5.19. The quantitative estimate of drug-likeness (QED) is 0.581. The second kappa shape index (κ2) is 8.14. The molecule has 2 aromatic heterocycles. The van der Waals surface area contributed by atoms with E-state index in [1.165, 1.54) is 0 Å². The number of aromatic nitrogens is 4. The Morgan fingerprint density at radius 1 is 1.26 bits per heavy atom. The summed E-state index contributed by atoms with van der Waals surface area (Å²) < 4.78 is 5.47. The summed E-state index contributed by atoms with van der Waals surface area (Å²) in [6, 6.07) is 4.12. The van der Waals surface area contributed by atoms with Crippen LogP contribution in [0, 0.1) is 12.8 Å². The molecule has 9 nitrogen and oxygen atoms in total. The number of carbonyl (C=O) groups excluding carboxylic acids is 1. The SMILES string of the molecule is CNc1nc2c(C)cc(-c3cnc4c(n3)N(CCC3CCOCC3)CC(=O)N4)cc2[nH]1. The van der Waals surface area contributed by atoms with E-state index in [1.54, 1.807) is 6.20 Å². The molecule has 9 heteroatoms. The van der Waals surface area contributed by atoms with Crippen molar-refractivity contribution < 1.29 is 9.53 Å². The van der Waals surface area contributed by atoms with Crippen LogP contribution in [-0.2, 0) is 9.53 Å². The van der Waals surface area contributed by atoms with Crippen molar-refractivity contribution in [3.63, 3.8) is 0 Å². The van der Waals surface area contributed by atoms with Gasteiger partial charge in [0, 0.05) is 32.4 Å². The fraction of sp³-hybridized carbons (Fsp3) is 0.455. The Balaban J connectivity index is 1.45. The van der Waals surface area contributed by atoms with Crippen molar-refractivity contribution >= 4 is 34.5 Å². The molecule has 31 heavy (non-hydrogen) atoms. The van der Waals surface area contributed by atoms with Crippen LogP contribution >= 0.6 is 0 Å². The number of amides is 1. The van der Waals surface area contributed by atoms with Gasteiger partial charge in [-0.25, -0.2) is 15.0 Å². The normalized spacial score (nSPS) is 17.0. The number of nitrogens with zero attached hydrogens (tertiary/aromatic N) is 4. The van der Waals surface area contributed by atoms with E-state index in [0.29, 0.717) is 18.3 Å². The summed E-state index contributed by atoms with van der Waals surface area (Å²) in [5.41, 5.74) is 4.69. The molecule has 0 bridgehead atoms. The maximum Gasteiger partial charge on any atom is 0.245 e. The third-order valence-electron chi connectivity index (χ3n) is 6.10. The highest BCUT2D eigenvalue weighted by Crippen LogP contribution is 2.31. The molecule has 3 N–H and O–H groups in total. The molecule has 1 amide bonds. The van der Waals surface area contributed by atoms with Gasteiger partial charge in [0.25, 0.3) is 0 Å². The van der Waals surface area contributed by atoms with Crippen molar-refractivity contribution in [3.8, 4) is 11.3 Å². The van der Waals surface area contributed by atoms with Crippen LogP contribution in [0.5, 0.6) is 0 Å². The molecule has 0 saturated carbocycles. The van der Waals surface area contributed by atoms with Crippen LogP contribution in [0.1, 0.15) is 24.8 Å². The summed E-state index contributed by atoms with van der Waals surface area (Å²) in [5.74, 6) is 2.58. The average Bonchev–Trinajstić information content (AvgIpc) is 3.22. The number of H-pyrrole nitrogens is 1. The molecule has 2 aliphatic heterocycles. The van der Waals surface area contributed by atoms with E-state index in [0.717, 1.165) is 78.6 Å². The maximum atomic E-state index is 12.2. The number of nitrogens with one attached hydrogen (secondary N) is 3. The smallest absolute Gasteiger partial charge is 0.245 e. The number of ether oxygens (including phenoxy) is 1. The lowest BCUT2D eigenvalue weighted by Gasteiger charge is -2.31. The van der Waals surface area contributed by atoms with E-state index in [4.69, 9.17) is 9.72 Å². The van der Waals surface area contributed by atoms with Crippen LogP contribution in [-0.4, -0.2) is 59.2 Å². The average molecular weight is 422 g/mol. The monoisotopic (exact) mass is 421 g/mol. The first-order chi connectivity index (χ1) is 15.1. The van der Waals surface area contributed by atoms with Gasteiger partial charge in [0.05, 0.1) is 29.5 Å². The number of anilines is 3. The van der Waals surface area contributed by atoms with E-state index in [2.05, 4.69) is 36.6 Å². The molecule has 1 saturated heterocycles. The number of carbonyl (C=O) groups is 1. The fourth-order valence-electron chi connectivity index (χ4n) is 4.36. The van der Waals surface area contributed by atoms with Crippen molar-refractivity contribution in [2.24, 2.45) is 5.92 Å². The van der Waals surface area contributed by atoms with Crippen LogP contribution < -0.4 is 15.5 Å². The summed E-state index contributed by atoms with van der Waals surface area (Å²) >= 11 is 0. The Labute approximate surface area is 180 Å². The number of hydrogen-bond donors (Lipinski definition) is 3. The van der Waals surface area contributed by atoms with Crippen molar-refractivity contribution in [2.45, 2.75) is 26.2 Å². The number of hydrogen-bond acceptors (Lipinski definition) is 7. The zero-order chi connectivity index (χ0) is 21.4. The molecule has 1 aromatic carbocycles. The molecule has 5 rings (SSSR count). The van der Waals surface area contributed by atoms with Gasteiger partial charge in [-0.2, -0.15) is 0 Å². The van der Waals surface area contributed by atoms with Gasteiger partial charge in [-0.05, 0) is 49.8 Å². The predicted octanol–water partition coefficient (Wildman–Crippen LogP) is 2.95. The Morgan fingerprint density at radius 3 is 2.90 bits per heavy atom. The fourth-order valence-corrected chi connectivity index (χ4v) is 4.36. The first-order valence-corrected chi connectivity index (χ1v) is 10.8. The molecule has 0 spiro atoms. The molecule has 0 unspecified atom stereocenters. The van der Waals surface area contributed by atoms with Gasteiger partial charge in [-0.3, -0.25) is 4.79 Å². The number of aryl methyl sites for hydroxylation is 1. The molecule has 162 valence electrons. The largest absolute Gasteiger partial charge is 0.381 e. The third-order valence-corrected chi connectivity index (χ3v) is 6.10. The van der Waals surface area contributed by atoms with Gasteiger partial charge in [0.1, 0.15) is 0 Å². The van der Waals surface area contributed by atoms with Crippen LogP contribution in [0.4, 0.5) is 17.6 Å².